The van der Waals surface area contributed by atoms with E-state index in [1.807, 2.05) is 0 Å². The van der Waals surface area contributed by atoms with Crippen LogP contribution in [0, 0.1) is 0 Å². The summed E-state index contributed by atoms with van der Waals surface area (Å²) >= 11 is 0. The molecule has 1 fully saturated rings. The van der Waals surface area contributed by atoms with Crippen molar-refractivity contribution in [2.24, 2.45) is 0 Å². The third kappa shape index (κ3) is 4.42. The van der Waals surface area contributed by atoms with Gasteiger partial charge in [-0.2, -0.15) is 0 Å². The molecule has 2 atom stereocenters. The molecule has 1 saturated carbocycles. The normalized spacial score (nSPS) is 19.3. The van der Waals surface area contributed by atoms with Gasteiger partial charge in [-0.25, -0.2) is 0 Å². The molecule has 1 aliphatic rings. The summed E-state index contributed by atoms with van der Waals surface area (Å²) in [6, 6.07) is 0.294. The Morgan fingerprint density at radius 2 is 2.13 bits per heavy atom. The summed E-state index contributed by atoms with van der Waals surface area (Å²) in [5.41, 5.74) is 0. The molecular formula is C9H15NO4S. The van der Waals surface area contributed by atoms with Gasteiger partial charge in [0.05, 0.1) is 0 Å². The molecule has 0 saturated heterocycles. The fourth-order valence-electron chi connectivity index (χ4n) is 1.01. The van der Waals surface area contributed by atoms with Crippen LogP contribution in [0.15, 0.2) is 0 Å². The van der Waals surface area contributed by atoms with Crippen LogP contribution in [-0.4, -0.2) is 38.2 Å². The van der Waals surface area contributed by atoms with E-state index >= 15 is 0 Å². The average molecular weight is 233 g/mol. The molecule has 5 nitrogen and oxygen atoms in total. The van der Waals surface area contributed by atoms with Crippen LogP contribution in [0.5, 0.6) is 0 Å². The first kappa shape index (κ1) is 12.2. The molecule has 1 amide bonds. The number of amides is 1. The van der Waals surface area contributed by atoms with E-state index in [-0.39, 0.29) is 18.1 Å². The van der Waals surface area contributed by atoms with Crippen molar-refractivity contribution in [3.63, 3.8) is 0 Å². The highest BCUT2D eigenvalue weighted by Gasteiger charge is 2.24. The predicted molar refractivity (Wildman–Crippen MR) is 55.9 cm³/mol. The van der Waals surface area contributed by atoms with Gasteiger partial charge in [0, 0.05) is 29.0 Å². The molecule has 2 unspecified atom stereocenters. The zero-order chi connectivity index (χ0) is 11.4. The second-order valence-corrected chi connectivity index (χ2v) is 5.53. The molecule has 1 rings (SSSR count). The van der Waals surface area contributed by atoms with Crippen LogP contribution in [0.1, 0.15) is 26.2 Å². The lowest BCUT2D eigenvalue weighted by Gasteiger charge is -2.06. The minimum atomic E-state index is -1.47. The number of carboxylic acid groups (broad SMARTS) is 1. The van der Waals surface area contributed by atoms with E-state index in [4.69, 9.17) is 5.11 Å². The molecule has 2 N–H and O–H groups in total. The largest absolute Gasteiger partial charge is 0.480 e. The Morgan fingerprint density at radius 3 is 2.60 bits per heavy atom. The lowest BCUT2D eigenvalue weighted by atomic mass is 10.4. The van der Waals surface area contributed by atoms with Gasteiger partial charge in [0.15, 0.2) is 0 Å². The first-order chi connectivity index (χ1) is 7.00. The number of hydrogen-bond donors (Lipinski definition) is 2. The van der Waals surface area contributed by atoms with Crippen molar-refractivity contribution >= 4 is 22.7 Å². The summed E-state index contributed by atoms with van der Waals surface area (Å²) in [6.07, 6.45) is 2.17. The molecule has 0 aromatic carbocycles. The van der Waals surface area contributed by atoms with Gasteiger partial charge < -0.3 is 10.4 Å². The number of carboxylic acids is 1. The summed E-state index contributed by atoms with van der Waals surface area (Å²) in [7, 11) is -1.47. The third-order valence-electron chi connectivity index (χ3n) is 2.21. The summed E-state index contributed by atoms with van der Waals surface area (Å²) in [4.78, 5) is 21.7. The van der Waals surface area contributed by atoms with E-state index in [2.05, 4.69) is 5.32 Å². The van der Waals surface area contributed by atoms with Gasteiger partial charge in [0.25, 0.3) is 0 Å². The maximum absolute atomic E-state index is 11.3. The summed E-state index contributed by atoms with van der Waals surface area (Å²) in [5.74, 6) is -1.11. The molecule has 0 heterocycles. The Labute approximate surface area is 90.7 Å². The lowest BCUT2D eigenvalue weighted by molar-refractivity contribution is -0.136. The monoisotopic (exact) mass is 233 g/mol. The van der Waals surface area contributed by atoms with E-state index in [9.17, 15) is 13.8 Å². The maximum atomic E-state index is 11.3. The Bertz CT molecular complexity index is 288. The molecule has 0 spiro atoms. The number of carbonyl (C=O) groups is 2. The van der Waals surface area contributed by atoms with Crippen molar-refractivity contribution < 1.29 is 18.9 Å². The molecule has 0 radical (unpaired) electrons. The highest BCUT2D eigenvalue weighted by Crippen LogP contribution is 2.18. The fourth-order valence-corrected chi connectivity index (χ4v) is 1.98. The number of carbonyl (C=O) groups excluding carboxylic acids is 1. The van der Waals surface area contributed by atoms with E-state index < -0.39 is 22.0 Å². The summed E-state index contributed by atoms with van der Waals surface area (Å²) in [5, 5.41) is 10.4. The topological polar surface area (TPSA) is 83.5 Å². The Balaban J connectivity index is 2.20. The lowest BCUT2D eigenvalue weighted by Crippen LogP contribution is -2.29. The number of aliphatic carboxylic acids is 1. The Morgan fingerprint density at radius 1 is 1.53 bits per heavy atom. The zero-order valence-electron chi connectivity index (χ0n) is 8.56. The first-order valence-corrected chi connectivity index (χ1v) is 6.28. The number of nitrogens with one attached hydrogen (secondary N) is 1. The molecule has 0 aliphatic heterocycles. The minimum absolute atomic E-state index is 0.117. The smallest absolute Gasteiger partial charge is 0.318 e. The van der Waals surface area contributed by atoms with Crippen molar-refractivity contribution in [3.05, 3.63) is 0 Å². The van der Waals surface area contributed by atoms with Crippen LogP contribution in [0.4, 0.5) is 0 Å². The van der Waals surface area contributed by atoms with Crippen LogP contribution < -0.4 is 5.32 Å². The van der Waals surface area contributed by atoms with Crippen molar-refractivity contribution in [1.29, 1.82) is 0 Å². The van der Waals surface area contributed by atoms with Gasteiger partial charge >= 0.3 is 5.97 Å². The first-order valence-electron chi connectivity index (χ1n) is 4.90. The van der Waals surface area contributed by atoms with Crippen molar-refractivity contribution in [2.45, 2.75) is 37.5 Å². The van der Waals surface area contributed by atoms with E-state index in [1.54, 1.807) is 0 Å². The van der Waals surface area contributed by atoms with E-state index in [0.29, 0.717) is 6.04 Å². The second kappa shape index (κ2) is 5.25. The molecule has 0 aromatic rings. The van der Waals surface area contributed by atoms with Crippen LogP contribution in [0.3, 0.4) is 0 Å². The van der Waals surface area contributed by atoms with Crippen molar-refractivity contribution in [3.8, 4) is 0 Å². The van der Waals surface area contributed by atoms with Crippen LogP contribution in [0.25, 0.3) is 0 Å². The van der Waals surface area contributed by atoms with Gasteiger partial charge in [-0.3, -0.25) is 13.8 Å². The van der Waals surface area contributed by atoms with Crippen molar-refractivity contribution in [2.75, 3.05) is 5.75 Å². The highest BCUT2D eigenvalue weighted by molar-refractivity contribution is 7.86. The van der Waals surface area contributed by atoms with Crippen LogP contribution >= 0.6 is 0 Å². The predicted octanol–water partition coefficient (Wildman–Crippen LogP) is -0.123. The second-order valence-electron chi connectivity index (χ2n) is 3.66. The molecule has 1 aliphatic carbocycles. The minimum Gasteiger partial charge on any atom is -0.480 e. The number of hydrogen-bond acceptors (Lipinski definition) is 3. The van der Waals surface area contributed by atoms with Gasteiger partial charge in [-0.05, 0) is 19.8 Å². The molecule has 86 valence electrons. The van der Waals surface area contributed by atoms with Gasteiger partial charge in [-0.1, -0.05) is 0 Å². The van der Waals surface area contributed by atoms with E-state index in [0.717, 1.165) is 12.8 Å². The molecular weight excluding hydrogens is 218 g/mol. The zero-order valence-corrected chi connectivity index (χ0v) is 9.38. The molecule has 6 heteroatoms. The summed E-state index contributed by atoms with van der Waals surface area (Å²) < 4.78 is 11.3. The van der Waals surface area contributed by atoms with Gasteiger partial charge in [0.2, 0.25) is 5.91 Å². The molecule has 15 heavy (non-hydrogen) atoms. The fraction of sp³-hybridized carbons (Fsp3) is 0.778. The van der Waals surface area contributed by atoms with Crippen LogP contribution in [0.2, 0.25) is 0 Å². The maximum Gasteiger partial charge on any atom is 0.318 e. The average Bonchev–Trinajstić information content (AvgIpc) is 2.96. The molecule has 0 aromatic heterocycles. The standard InChI is InChI=1S/C9H15NO4S/c1-6(9(12)13)15(14)5-4-8(11)10-7-2-3-7/h6-7H,2-5H2,1H3,(H,10,11)(H,12,13). The highest BCUT2D eigenvalue weighted by atomic mass is 32.2. The quantitative estimate of drug-likeness (QED) is 0.669. The Hall–Kier alpha value is -0.910. The number of rotatable bonds is 6. The van der Waals surface area contributed by atoms with Gasteiger partial charge in [0.1, 0.15) is 5.25 Å². The van der Waals surface area contributed by atoms with Crippen molar-refractivity contribution in [1.82, 2.24) is 5.32 Å². The van der Waals surface area contributed by atoms with Crippen LogP contribution in [-0.2, 0) is 20.4 Å². The van der Waals surface area contributed by atoms with Gasteiger partial charge in [-0.15, -0.1) is 0 Å². The SMILES string of the molecule is CC(C(=O)O)S(=O)CCC(=O)NC1CC1. The van der Waals surface area contributed by atoms with E-state index in [1.165, 1.54) is 6.92 Å². The molecule has 0 bridgehead atoms. The third-order valence-corrected chi connectivity index (χ3v) is 3.81. The Kier molecular flexibility index (Phi) is 4.26. The summed E-state index contributed by atoms with van der Waals surface area (Å²) in [6.45, 7) is 1.39.